The molecule has 0 aromatic heterocycles. The van der Waals surface area contributed by atoms with Gasteiger partial charge in [0, 0.05) is 5.56 Å². The van der Waals surface area contributed by atoms with Crippen molar-refractivity contribution in [3.05, 3.63) is 64.7 Å². The lowest BCUT2D eigenvalue weighted by atomic mass is 10.1. The highest BCUT2D eigenvalue weighted by Gasteiger charge is 2.27. The van der Waals surface area contributed by atoms with Crippen LogP contribution in [0.1, 0.15) is 31.8 Å². The predicted octanol–water partition coefficient (Wildman–Crippen LogP) is 1.82. The van der Waals surface area contributed by atoms with Gasteiger partial charge in [0.2, 0.25) is 0 Å². The van der Waals surface area contributed by atoms with Gasteiger partial charge in [-0.05, 0) is 24.3 Å². The molecule has 0 saturated carbocycles. The van der Waals surface area contributed by atoms with Crippen LogP contribution in [0.2, 0.25) is 0 Å². The lowest BCUT2D eigenvalue weighted by Gasteiger charge is -2.08. The van der Waals surface area contributed by atoms with Crippen LogP contribution >= 0.6 is 0 Å². The molecule has 6 nitrogen and oxygen atoms in total. The van der Waals surface area contributed by atoms with Gasteiger partial charge in [-0.15, -0.1) is 0 Å². The van der Waals surface area contributed by atoms with Crippen molar-refractivity contribution >= 4 is 23.5 Å². The Hall–Kier alpha value is -3.15. The Labute approximate surface area is 139 Å². The molecular weight excluding hydrogens is 308 g/mol. The first-order chi connectivity index (χ1) is 11.5. The van der Waals surface area contributed by atoms with Crippen LogP contribution in [0.5, 0.6) is 0 Å². The van der Waals surface area contributed by atoms with Crippen LogP contribution in [0.15, 0.2) is 42.5 Å². The van der Waals surface area contributed by atoms with Crippen molar-refractivity contribution in [2.24, 2.45) is 5.73 Å². The number of carbonyl (C=O) groups is 2. The zero-order valence-electron chi connectivity index (χ0n) is 13.4. The summed E-state index contributed by atoms with van der Waals surface area (Å²) in [6, 6.07) is 12.5. The van der Waals surface area contributed by atoms with Crippen LogP contribution in [0.4, 0.5) is 5.69 Å². The zero-order valence-corrected chi connectivity index (χ0v) is 13.4. The second kappa shape index (κ2) is 6.16. The normalized spacial score (nSPS) is 12.8. The number of rotatable bonds is 3. The van der Waals surface area contributed by atoms with Crippen LogP contribution in [0, 0.1) is 0 Å². The number of ether oxygens (including phenoxy) is 2. The van der Waals surface area contributed by atoms with Gasteiger partial charge < -0.3 is 9.47 Å². The maximum absolute atomic E-state index is 11.9. The van der Waals surface area contributed by atoms with E-state index in [1.807, 2.05) is 28.8 Å². The van der Waals surface area contributed by atoms with Crippen LogP contribution in [-0.4, -0.2) is 36.6 Å². The molecule has 1 aliphatic heterocycles. The van der Waals surface area contributed by atoms with E-state index in [0.717, 1.165) is 11.1 Å². The van der Waals surface area contributed by atoms with E-state index < -0.39 is 11.9 Å². The Morgan fingerprint density at radius 1 is 1.00 bits per heavy atom. The number of hydrogen-bond donors (Lipinski definition) is 1. The molecule has 2 aromatic rings. The Morgan fingerprint density at radius 3 is 2.12 bits per heavy atom. The number of nitrogens with zero attached hydrogens (tertiary/aromatic N) is 1. The molecule has 0 fully saturated rings. The molecule has 0 amide bonds. The third-order valence-corrected chi connectivity index (χ3v) is 3.98. The maximum atomic E-state index is 11.9. The summed E-state index contributed by atoms with van der Waals surface area (Å²) in [6.07, 6.45) is 0. The number of amidine groups is 1. The van der Waals surface area contributed by atoms with Gasteiger partial charge in [0.1, 0.15) is 12.2 Å². The molecule has 0 radical (unpaired) electrons. The molecule has 24 heavy (non-hydrogen) atoms. The van der Waals surface area contributed by atoms with Gasteiger partial charge in [-0.25, -0.2) is 14.2 Å². The summed E-state index contributed by atoms with van der Waals surface area (Å²) in [6.45, 7) is 0.563. The van der Waals surface area contributed by atoms with Gasteiger partial charge in [-0.1, -0.05) is 18.2 Å². The summed E-state index contributed by atoms with van der Waals surface area (Å²) in [5.74, 6) is -0.488. The average molecular weight is 325 g/mol. The number of fused-ring (bicyclic) bond motifs is 1. The quantitative estimate of drug-likeness (QED) is 0.688. The number of benzene rings is 2. The Balaban J connectivity index is 2.13. The molecule has 0 bridgehead atoms. The molecule has 2 aromatic carbocycles. The molecule has 1 aliphatic rings. The van der Waals surface area contributed by atoms with Crippen molar-refractivity contribution in [1.29, 1.82) is 0 Å². The van der Waals surface area contributed by atoms with E-state index in [1.54, 1.807) is 12.1 Å². The Morgan fingerprint density at radius 2 is 1.58 bits per heavy atom. The minimum absolute atomic E-state index is 0.263. The van der Waals surface area contributed by atoms with Gasteiger partial charge in [0.25, 0.3) is 5.84 Å². The second-order valence-electron chi connectivity index (χ2n) is 5.38. The molecule has 0 spiro atoms. The van der Waals surface area contributed by atoms with Gasteiger partial charge in [-0.2, -0.15) is 0 Å². The molecule has 0 saturated heterocycles. The fourth-order valence-electron chi connectivity index (χ4n) is 2.78. The summed E-state index contributed by atoms with van der Waals surface area (Å²) in [5.41, 5.74) is 9.43. The topological polar surface area (TPSA) is 81.6 Å². The van der Waals surface area contributed by atoms with E-state index in [0.29, 0.717) is 18.1 Å². The third kappa shape index (κ3) is 2.62. The molecule has 0 unspecified atom stereocenters. The summed E-state index contributed by atoms with van der Waals surface area (Å²) >= 11 is 0. The second-order valence-corrected chi connectivity index (χ2v) is 5.38. The monoisotopic (exact) mass is 325 g/mol. The number of nitrogens with two attached hydrogens (primary N) is 1. The highest BCUT2D eigenvalue weighted by atomic mass is 16.5. The highest BCUT2D eigenvalue weighted by molar-refractivity contribution is 5.99. The molecule has 0 atom stereocenters. The first-order valence-electron chi connectivity index (χ1n) is 7.35. The first kappa shape index (κ1) is 15.7. The molecular formula is C18H17N2O4+. The number of carbonyl (C=O) groups excluding carboxylic acids is 2. The number of methoxy groups -OCH3 is 2. The summed E-state index contributed by atoms with van der Waals surface area (Å²) < 4.78 is 11.4. The van der Waals surface area contributed by atoms with E-state index >= 15 is 0 Å². The van der Waals surface area contributed by atoms with Crippen LogP contribution in [0.25, 0.3) is 0 Å². The Bertz CT molecular complexity index is 837. The van der Waals surface area contributed by atoms with E-state index in [2.05, 4.69) is 0 Å². The largest absolute Gasteiger partial charge is 0.465 e. The standard InChI is InChI=1S/C18H16N2O4/c1-23-17(21)12-7-13(18(22)24-2)9-14(8-12)20-10-11-5-3-4-6-15(11)16(20)19/h3-9,19H,10H2,1-2H3/p+1. The van der Waals surface area contributed by atoms with E-state index in [4.69, 9.17) is 15.2 Å². The van der Waals surface area contributed by atoms with Crippen molar-refractivity contribution < 1.29 is 23.6 Å². The summed E-state index contributed by atoms with van der Waals surface area (Å²) in [4.78, 5) is 23.8. The van der Waals surface area contributed by atoms with Crippen LogP contribution in [0.3, 0.4) is 0 Å². The average Bonchev–Trinajstić information content (AvgIpc) is 2.97. The highest BCUT2D eigenvalue weighted by Crippen LogP contribution is 2.26. The molecule has 3 rings (SSSR count). The molecule has 122 valence electrons. The van der Waals surface area contributed by atoms with Gasteiger partial charge in [0.05, 0.1) is 30.9 Å². The molecule has 1 heterocycles. The molecule has 2 N–H and O–H groups in total. The minimum atomic E-state index is -0.530. The van der Waals surface area contributed by atoms with Crippen molar-refractivity contribution in [2.45, 2.75) is 6.54 Å². The smallest absolute Gasteiger partial charge is 0.338 e. The Kier molecular flexibility index (Phi) is 4.04. The van der Waals surface area contributed by atoms with E-state index in [9.17, 15) is 9.59 Å². The van der Waals surface area contributed by atoms with Crippen molar-refractivity contribution in [3.63, 3.8) is 0 Å². The van der Waals surface area contributed by atoms with Gasteiger partial charge in [-0.3, -0.25) is 5.73 Å². The van der Waals surface area contributed by atoms with Crippen molar-refractivity contribution in [3.8, 4) is 0 Å². The number of hydrogen-bond acceptors (Lipinski definition) is 5. The zero-order chi connectivity index (χ0) is 17.3. The van der Waals surface area contributed by atoms with Gasteiger partial charge in [0.15, 0.2) is 0 Å². The fraction of sp³-hybridized carbons (Fsp3) is 0.167. The lowest BCUT2D eigenvalue weighted by Crippen LogP contribution is -2.20. The SMILES string of the molecule is COC(=O)c1cc(C(=O)OC)cc([N+]2=C(N)c3ccccc3C2)c1. The minimum Gasteiger partial charge on any atom is -0.465 e. The maximum Gasteiger partial charge on any atom is 0.338 e. The number of esters is 2. The fourth-order valence-corrected chi connectivity index (χ4v) is 2.78. The predicted molar refractivity (Wildman–Crippen MR) is 87.5 cm³/mol. The van der Waals surface area contributed by atoms with E-state index in [-0.39, 0.29) is 11.1 Å². The van der Waals surface area contributed by atoms with Gasteiger partial charge >= 0.3 is 11.9 Å². The van der Waals surface area contributed by atoms with Crippen molar-refractivity contribution in [1.82, 2.24) is 0 Å². The van der Waals surface area contributed by atoms with Crippen LogP contribution in [-0.2, 0) is 16.0 Å². The van der Waals surface area contributed by atoms with Crippen molar-refractivity contribution in [2.75, 3.05) is 14.2 Å². The molecule has 6 heteroatoms. The first-order valence-corrected chi connectivity index (χ1v) is 7.35. The molecule has 0 aliphatic carbocycles. The summed E-state index contributed by atoms with van der Waals surface area (Å²) in [7, 11) is 2.58. The van der Waals surface area contributed by atoms with Crippen LogP contribution < -0.4 is 5.73 Å². The third-order valence-electron chi connectivity index (χ3n) is 3.98. The lowest BCUT2D eigenvalue weighted by molar-refractivity contribution is -0.453. The van der Waals surface area contributed by atoms with E-state index in [1.165, 1.54) is 20.3 Å². The summed E-state index contributed by atoms with van der Waals surface area (Å²) in [5, 5.41) is 0.